The van der Waals surface area contributed by atoms with Crippen LogP contribution >= 0.6 is 31.9 Å². The van der Waals surface area contributed by atoms with E-state index < -0.39 is 24.2 Å². The number of hydrogen-bond acceptors (Lipinski definition) is 3. The maximum absolute atomic E-state index is 3.65. The molecule has 0 aromatic heterocycles. The lowest BCUT2D eigenvalue weighted by atomic mass is 9.91. The second kappa shape index (κ2) is 25.0. The highest BCUT2D eigenvalue weighted by atomic mass is 79.9. The van der Waals surface area contributed by atoms with Crippen molar-refractivity contribution in [1.82, 2.24) is 0 Å². The van der Waals surface area contributed by atoms with Crippen molar-refractivity contribution in [2.45, 2.75) is 100 Å². The van der Waals surface area contributed by atoms with Crippen LogP contribution in [0.4, 0.5) is 45.5 Å². The lowest BCUT2D eigenvalue weighted by Gasteiger charge is -2.32. The van der Waals surface area contributed by atoms with Gasteiger partial charge in [0.05, 0.1) is 47.0 Å². The smallest absolute Gasteiger partial charge is 0.0775 e. The number of rotatable bonds is 11. The molecule has 0 heterocycles. The lowest BCUT2D eigenvalue weighted by molar-refractivity contribution is 1.23. The van der Waals surface area contributed by atoms with E-state index in [1.807, 2.05) is 0 Å². The molecule has 3 nitrogen and oxygen atoms in total. The Hall–Kier alpha value is -7.83. The van der Waals surface area contributed by atoms with Crippen LogP contribution in [0.2, 0.25) is 58.9 Å². The minimum atomic E-state index is -1.46. The standard InChI is InChI=1S/C50H52N2Si2.C17H23NSi.C16H8Br2/c1-33-13-11-14-34(2)49(33)51(39-21-25-41(26-22-39)53(5,6)7)45-31-19-37-18-30-44-46(32-20-38-17-29-43(45)47(37)48(38)44)52(50-35(3)15-12-16-36(50)4)40-23-27-42(28-24-40)54(8,9)10;1-13-7-6-8-14(2)17(13)18-15-9-11-16(12-10-15)19(3,4)5;17-13-8-4-10-2-6-12-14(18)7-3-9-1-5-11(13)16(10)15(9)12/h11-32H,1-10H3;6-12,18H,1-5H3;1-8H. The molecule has 1 N–H and O–H groups in total. The van der Waals surface area contributed by atoms with Crippen LogP contribution < -0.4 is 30.7 Å². The monoisotopic (exact) mass is 1360 g/mol. The average molecular weight is 1370 g/mol. The van der Waals surface area contributed by atoms with Gasteiger partial charge in [-0.1, -0.05) is 270 Å². The van der Waals surface area contributed by atoms with Crippen molar-refractivity contribution < 1.29 is 0 Å². The Labute approximate surface area is 559 Å². The first-order chi connectivity index (χ1) is 43.3. The molecular weight excluding hydrogens is 1280 g/mol. The van der Waals surface area contributed by atoms with E-state index in [9.17, 15) is 0 Å². The maximum Gasteiger partial charge on any atom is 0.0775 e. The number of anilines is 8. The molecule has 14 aromatic rings. The van der Waals surface area contributed by atoms with Crippen LogP contribution in [0.3, 0.4) is 0 Å². The van der Waals surface area contributed by atoms with Gasteiger partial charge < -0.3 is 15.1 Å². The van der Waals surface area contributed by atoms with Crippen molar-refractivity contribution in [1.29, 1.82) is 0 Å². The van der Waals surface area contributed by atoms with Gasteiger partial charge in [0, 0.05) is 42.5 Å². The fraction of sp³-hybridized carbons (Fsp3) is 0.181. The normalized spacial score (nSPS) is 12.0. The third-order valence-corrected chi connectivity index (χ3v) is 26.0. The summed E-state index contributed by atoms with van der Waals surface area (Å²) in [7, 11) is -4.12. The fourth-order valence-electron chi connectivity index (χ4n) is 13.4. The topological polar surface area (TPSA) is 18.5 Å². The van der Waals surface area contributed by atoms with Gasteiger partial charge in [0.15, 0.2) is 0 Å². The van der Waals surface area contributed by atoms with E-state index in [4.69, 9.17) is 0 Å². The molecule has 0 spiro atoms. The zero-order valence-electron chi connectivity index (χ0n) is 55.5. The van der Waals surface area contributed by atoms with E-state index in [0.29, 0.717) is 0 Å². The van der Waals surface area contributed by atoms with Crippen molar-refractivity contribution in [2.75, 3.05) is 15.1 Å². The number of benzene rings is 14. The van der Waals surface area contributed by atoms with Crippen LogP contribution in [0.1, 0.15) is 33.4 Å². The number of nitrogens with zero attached hydrogens (tertiary/aromatic N) is 2. The molecule has 0 amide bonds. The van der Waals surface area contributed by atoms with E-state index in [2.05, 4.69) is 372 Å². The third kappa shape index (κ3) is 12.4. The first kappa shape index (κ1) is 63.3. The predicted molar refractivity (Wildman–Crippen MR) is 419 cm³/mol. The van der Waals surface area contributed by atoms with E-state index >= 15 is 0 Å². The van der Waals surface area contributed by atoms with Crippen molar-refractivity contribution in [3.63, 3.8) is 0 Å². The molecule has 8 heteroatoms. The zero-order chi connectivity index (χ0) is 64.4. The van der Waals surface area contributed by atoms with Gasteiger partial charge in [0.1, 0.15) is 0 Å². The maximum atomic E-state index is 3.65. The fourth-order valence-corrected chi connectivity index (χ4v) is 17.8. The Morgan fingerprint density at radius 3 is 0.890 bits per heavy atom. The van der Waals surface area contributed by atoms with Gasteiger partial charge >= 0.3 is 0 Å². The summed E-state index contributed by atoms with van der Waals surface area (Å²) in [5.41, 5.74) is 17.3. The van der Waals surface area contributed by atoms with Gasteiger partial charge in [-0.15, -0.1) is 0 Å². The Morgan fingerprint density at radius 2 is 0.560 bits per heavy atom. The number of aryl methyl sites for hydroxylation is 6. The van der Waals surface area contributed by atoms with E-state index in [-0.39, 0.29) is 0 Å². The van der Waals surface area contributed by atoms with Gasteiger partial charge in [-0.2, -0.15) is 0 Å². The van der Waals surface area contributed by atoms with Crippen LogP contribution in [0.25, 0.3) is 64.6 Å². The van der Waals surface area contributed by atoms with Crippen LogP contribution in [0, 0.1) is 41.5 Å². The molecule has 0 saturated heterocycles. The second-order valence-corrected chi connectivity index (χ2v) is 45.0. The van der Waals surface area contributed by atoms with Crippen molar-refractivity contribution >= 4 is 182 Å². The third-order valence-electron chi connectivity index (χ3n) is 18.5. The minimum Gasteiger partial charge on any atom is -0.355 e. The molecule has 14 rings (SSSR count). The molecule has 0 unspecified atom stereocenters. The predicted octanol–water partition coefficient (Wildman–Crippen LogP) is 24.5. The quantitative estimate of drug-likeness (QED) is 0.103. The van der Waals surface area contributed by atoms with Crippen molar-refractivity contribution in [2.24, 2.45) is 0 Å². The molecule has 91 heavy (non-hydrogen) atoms. The Morgan fingerprint density at radius 1 is 0.286 bits per heavy atom. The number of halogens is 2. The summed E-state index contributed by atoms with van der Waals surface area (Å²) in [6, 6.07) is 83.5. The Kier molecular flexibility index (Phi) is 17.4. The highest BCUT2D eigenvalue weighted by molar-refractivity contribution is 9.11. The highest BCUT2D eigenvalue weighted by Crippen LogP contribution is 2.49. The van der Waals surface area contributed by atoms with Gasteiger partial charge in [-0.3, -0.25) is 0 Å². The largest absolute Gasteiger partial charge is 0.355 e. The van der Waals surface area contributed by atoms with Crippen LogP contribution in [-0.2, 0) is 0 Å². The van der Waals surface area contributed by atoms with E-state index in [1.54, 1.807) is 0 Å². The second-order valence-electron chi connectivity index (χ2n) is 28.1. The van der Waals surface area contributed by atoms with Gasteiger partial charge in [0.25, 0.3) is 0 Å². The molecule has 0 bridgehead atoms. The average Bonchev–Trinajstić information content (AvgIpc) is 0.740. The summed E-state index contributed by atoms with van der Waals surface area (Å²) in [5.74, 6) is 0. The molecule has 14 aromatic carbocycles. The van der Waals surface area contributed by atoms with Crippen molar-refractivity contribution in [3.05, 3.63) is 267 Å². The molecule has 0 aliphatic carbocycles. The number of para-hydroxylation sites is 3. The lowest BCUT2D eigenvalue weighted by Crippen LogP contribution is -2.37. The molecule has 0 aliphatic rings. The van der Waals surface area contributed by atoms with Crippen molar-refractivity contribution in [3.8, 4) is 0 Å². The van der Waals surface area contributed by atoms with Gasteiger partial charge in [-0.05, 0) is 189 Å². The first-order valence-corrected chi connectivity index (χ1v) is 44.0. The minimum absolute atomic E-state index is 1.16. The van der Waals surface area contributed by atoms with Gasteiger partial charge in [0.2, 0.25) is 0 Å². The number of nitrogens with one attached hydrogen (secondary N) is 1. The molecule has 0 aliphatic heterocycles. The van der Waals surface area contributed by atoms with Crippen LogP contribution in [0.5, 0.6) is 0 Å². The van der Waals surface area contributed by atoms with E-state index in [0.717, 1.165) is 8.95 Å². The summed E-state index contributed by atoms with van der Waals surface area (Å²) in [4.78, 5) is 5.02. The molecule has 0 saturated carbocycles. The molecular formula is C83H83Br2N3Si3. The SMILES string of the molecule is Brc1ccc2ccc3c(Br)ccc4ccc1c2c43.Cc1cccc(C)c1N(c1ccc([Si](C)(C)C)cc1)c1ccc2ccc3c(N(c4ccc([Si](C)(C)C)cc4)c4c(C)cccc4C)ccc4ccc1c2c43.Cc1cccc(C)c1Nc1ccc([Si](C)(C)C)cc1. The van der Waals surface area contributed by atoms with Crippen LogP contribution in [0.15, 0.2) is 233 Å². The van der Waals surface area contributed by atoms with E-state index in [1.165, 1.54) is 159 Å². The first-order valence-electron chi connectivity index (χ1n) is 32.0. The Bertz CT molecular complexity index is 4670. The summed E-state index contributed by atoms with van der Waals surface area (Å²) in [5, 5.41) is 23.5. The summed E-state index contributed by atoms with van der Waals surface area (Å²) >= 11 is 7.30. The van der Waals surface area contributed by atoms with Gasteiger partial charge in [-0.25, -0.2) is 0 Å². The summed E-state index contributed by atoms with van der Waals surface area (Å²) in [6.07, 6.45) is 0. The Balaban J connectivity index is 0.000000174. The summed E-state index contributed by atoms with van der Waals surface area (Å²) in [6.45, 7) is 34.9. The highest BCUT2D eigenvalue weighted by Gasteiger charge is 2.26. The molecule has 0 atom stereocenters. The zero-order valence-corrected chi connectivity index (χ0v) is 61.7. The molecule has 456 valence electrons. The summed E-state index contributed by atoms with van der Waals surface area (Å²) < 4.78 is 2.31. The molecule has 0 fully saturated rings. The van der Waals surface area contributed by atoms with Crippen LogP contribution in [-0.4, -0.2) is 24.2 Å². The number of hydrogen-bond donors (Lipinski definition) is 1. The molecule has 0 radical (unpaired) electrons.